The molecule has 98 valence electrons. The van der Waals surface area contributed by atoms with Crippen LogP contribution >= 0.6 is 0 Å². The third-order valence-corrected chi connectivity index (χ3v) is 2.64. The molecular formula is C14H13NO4. The van der Waals surface area contributed by atoms with Gasteiger partial charge in [-0.2, -0.15) is 0 Å². The summed E-state index contributed by atoms with van der Waals surface area (Å²) in [7, 11) is 0. The first kappa shape index (κ1) is 12.8. The number of benzene rings is 2. The minimum absolute atomic E-state index is 0.0312. The van der Waals surface area contributed by atoms with Gasteiger partial charge in [-0.05, 0) is 42.8 Å². The normalized spacial score (nSPS) is 10.2. The van der Waals surface area contributed by atoms with Gasteiger partial charge in [-0.3, -0.25) is 4.79 Å². The van der Waals surface area contributed by atoms with Crippen molar-refractivity contribution in [1.82, 2.24) is 0 Å². The summed E-state index contributed by atoms with van der Waals surface area (Å²) in [5.41, 5.74) is 1.33. The van der Waals surface area contributed by atoms with Crippen LogP contribution in [0.5, 0.6) is 17.2 Å². The Bertz CT molecular complexity index is 637. The fraction of sp³-hybridized carbons (Fsp3) is 0.0714. The molecule has 19 heavy (non-hydrogen) atoms. The molecule has 0 aliphatic rings. The molecule has 0 bridgehead atoms. The number of phenols is 3. The van der Waals surface area contributed by atoms with Gasteiger partial charge in [0.2, 0.25) is 0 Å². The second-order valence-corrected chi connectivity index (χ2v) is 4.18. The highest BCUT2D eigenvalue weighted by atomic mass is 16.3. The first-order valence-electron chi connectivity index (χ1n) is 5.60. The molecule has 2 aromatic rings. The summed E-state index contributed by atoms with van der Waals surface area (Å²) in [6, 6.07) is 8.61. The molecule has 5 nitrogen and oxygen atoms in total. The van der Waals surface area contributed by atoms with Crippen LogP contribution in [0.25, 0.3) is 0 Å². The standard InChI is InChI=1S/C14H13NO4/c1-8-2-4-10(12(17)6-8)15-14(19)9-3-5-11(16)13(18)7-9/h2-7,16-18H,1H3,(H,15,19). The Morgan fingerprint density at radius 2 is 1.68 bits per heavy atom. The van der Waals surface area contributed by atoms with Crippen LogP contribution in [-0.2, 0) is 0 Å². The summed E-state index contributed by atoms with van der Waals surface area (Å²) in [5.74, 6) is -1.19. The zero-order valence-corrected chi connectivity index (χ0v) is 10.2. The molecule has 0 saturated carbocycles. The molecule has 0 saturated heterocycles. The van der Waals surface area contributed by atoms with Crippen LogP contribution < -0.4 is 5.32 Å². The van der Waals surface area contributed by atoms with Crippen molar-refractivity contribution in [2.75, 3.05) is 5.32 Å². The Morgan fingerprint density at radius 3 is 2.32 bits per heavy atom. The summed E-state index contributed by atoms with van der Waals surface area (Å²) in [5, 5.41) is 30.7. The van der Waals surface area contributed by atoms with Crippen molar-refractivity contribution in [2.45, 2.75) is 6.92 Å². The molecule has 2 aromatic carbocycles. The number of amides is 1. The van der Waals surface area contributed by atoms with Gasteiger partial charge < -0.3 is 20.6 Å². The quantitative estimate of drug-likeness (QED) is 0.623. The maximum atomic E-state index is 11.9. The molecule has 0 aliphatic heterocycles. The smallest absolute Gasteiger partial charge is 0.255 e. The first-order valence-corrected chi connectivity index (χ1v) is 5.60. The van der Waals surface area contributed by atoms with Crippen LogP contribution in [0.4, 0.5) is 5.69 Å². The lowest BCUT2D eigenvalue weighted by Gasteiger charge is -2.08. The number of anilines is 1. The van der Waals surface area contributed by atoms with E-state index < -0.39 is 5.91 Å². The fourth-order valence-electron chi connectivity index (χ4n) is 1.61. The van der Waals surface area contributed by atoms with E-state index in [4.69, 9.17) is 5.11 Å². The van der Waals surface area contributed by atoms with E-state index in [1.54, 1.807) is 12.1 Å². The van der Waals surface area contributed by atoms with Crippen LogP contribution in [-0.4, -0.2) is 21.2 Å². The number of hydrogen-bond acceptors (Lipinski definition) is 4. The van der Waals surface area contributed by atoms with Crippen LogP contribution in [0.1, 0.15) is 15.9 Å². The molecule has 0 spiro atoms. The Morgan fingerprint density at radius 1 is 0.947 bits per heavy atom. The van der Waals surface area contributed by atoms with E-state index in [0.29, 0.717) is 0 Å². The first-order chi connectivity index (χ1) is 8.97. The highest BCUT2D eigenvalue weighted by Crippen LogP contribution is 2.27. The van der Waals surface area contributed by atoms with Crippen LogP contribution in [0.3, 0.4) is 0 Å². The molecule has 0 atom stereocenters. The lowest BCUT2D eigenvalue weighted by Crippen LogP contribution is -2.11. The van der Waals surface area contributed by atoms with Gasteiger partial charge in [0.05, 0.1) is 5.69 Å². The molecule has 4 N–H and O–H groups in total. The van der Waals surface area contributed by atoms with Gasteiger partial charge in [0, 0.05) is 5.56 Å². The number of nitrogens with one attached hydrogen (secondary N) is 1. The van der Waals surface area contributed by atoms with Gasteiger partial charge in [-0.25, -0.2) is 0 Å². The second-order valence-electron chi connectivity index (χ2n) is 4.18. The topological polar surface area (TPSA) is 89.8 Å². The molecule has 0 aromatic heterocycles. The van der Waals surface area contributed by atoms with Gasteiger partial charge in [-0.1, -0.05) is 6.07 Å². The molecule has 0 fully saturated rings. The van der Waals surface area contributed by atoms with E-state index in [9.17, 15) is 15.0 Å². The van der Waals surface area contributed by atoms with Gasteiger partial charge >= 0.3 is 0 Å². The molecule has 0 aliphatic carbocycles. The maximum absolute atomic E-state index is 11.9. The largest absolute Gasteiger partial charge is 0.506 e. The Labute approximate surface area is 109 Å². The maximum Gasteiger partial charge on any atom is 0.255 e. The second kappa shape index (κ2) is 4.89. The van der Waals surface area contributed by atoms with E-state index in [2.05, 4.69) is 5.32 Å². The Kier molecular flexibility index (Phi) is 3.29. The van der Waals surface area contributed by atoms with Crippen LogP contribution in [0, 0.1) is 6.92 Å². The summed E-state index contributed by atoms with van der Waals surface area (Å²) >= 11 is 0. The number of carbonyl (C=O) groups is 1. The molecule has 1 amide bonds. The monoisotopic (exact) mass is 259 g/mol. The summed E-state index contributed by atoms with van der Waals surface area (Å²) in [6.45, 7) is 1.82. The number of rotatable bonds is 2. The van der Waals surface area contributed by atoms with Crippen molar-refractivity contribution in [1.29, 1.82) is 0 Å². The predicted molar refractivity (Wildman–Crippen MR) is 70.6 cm³/mol. The Balaban J connectivity index is 2.23. The average Bonchev–Trinajstić information content (AvgIpc) is 2.36. The average molecular weight is 259 g/mol. The minimum Gasteiger partial charge on any atom is -0.506 e. The third-order valence-electron chi connectivity index (χ3n) is 2.64. The van der Waals surface area contributed by atoms with Crippen molar-refractivity contribution in [2.24, 2.45) is 0 Å². The number of phenolic OH excluding ortho intramolecular Hbond substituents is 3. The number of carbonyl (C=O) groups excluding carboxylic acids is 1. The number of aromatic hydroxyl groups is 3. The lowest BCUT2D eigenvalue weighted by molar-refractivity contribution is 0.102. The van der Waals surface area contributed by atoms with Crippen molar-refractivity contribution in [3.63, 3.8) is 0 Å². The third kappa shape index (κ3) is 2.77. The van der Waals surface area contributed by atoms with Crippen LogP contribution in [0.15, 0.2) is 36.4 Å². The summed E-state index contributed by atoms with van der Waals surface area (Å²) in [4.78, 5) is 11.9. The zero-order chi connectivity index (χ0) is 14.0. The van der Waals surface area contributed by atoms with Crippen LogP contribution in [0.2, 0.25) is 0 Å². The van der Waals surface area contributed by atoms with E-state index >= 15 is 0 Å². The zero-order valence-electron chi connectivity index (χ0n) is 10.2. The van der Waals surface area contributed by atoms with Gasteiger partial charge in [0.1, 0.15) is 5.75 Å². The highest BCUT2D eigenvalue weighted by molar-refractivity contribution is 6.05. The molecule has 0 radical (unpaired) electrons. The molecule has 5 heteroatoms. The SMILES string of the molecule is Cc1ccc(NC(=O)c2ccc(O)c(O)c2)c(O)c1. The van der Waals surface area contributed by atoms with Crippen molar-refractivity contribution < 1.29 is 20.1 Å². The van der Waals surface area contributed by atoms with Gasteiger partial charge in [0.15, 0.2) is 11.5 Å². The van der Waals surface area contributed by atoms with Gasteiger partial charge in [0.25, 0.3) is 5.91 Å². The molecule has 0 unspecified atom stereocenters. The van der Waals surface area contributed by atoms with E-state index in [1.165, 1.54) is 18.2 Å². The van der Waals surface area contributed by atoms with E-state index in [1.807, 2.05) is 6.92 Å². The Hall–Kier alpha value is -2.69. The summed E-state index contributed by atoms with van der Waals surface area (Å²) in [6.07, 6.45) is 0. The van der Waals surface area contributed by atoms with E-state index in [-0.39, 0.29) is 28.5 Å². The van der Waals surface area contributed by atoms with Crippen molar-refractivity contribution >= 4 is 11.6 Å². The van der Waals surface area contributed by atoms with Crippen molar-refractivity contribution in [3.8, 4) is 17.2 Å². The molecule has 2 rings (SSSR count). The molecular weight excluding hydrogens is 246 g/mol. The molecule has 0 heterocycles. The van der Waals surface area contributed by atoms with E-state index in [0.717, 1.165) is 11.6 Å². The van der Waals surface area contributed by atoms with Gasteiger partial charge in [-0.15, -0.1) is 0 Å². The highest BCUT2D eigenvalue weighted by Gasteiger charge is 2.11. The number of aryl methyl sites for hydroxylation is 1. The fourth-order valence-corrected chi connectivity index (χ4v) is 1.61. The minimum atomic E-state index is -0.491. The number of hydrogen-bond donors (Lipinski definition) is 4. The lowest BCUT2D eigenvalue weighted by atomic mass is 10.1. The summed E-state index contributed by atoms with van der Waals surface area (Å²) < 4.78 is 0. The predicted octanol–water partition coefficient (Wildman–Crippen LogP) is 2.36. The van der Waals surface area contributed by atoms with Crippen molar-refractivity contribution in [3.05, 3.63) is 47.5 Å².